The monoisotopic (exact) mass is 472 g/mol. The summed E-state index contributed by atoms with van der Waals surface area (Å²) in [6, 6.07) is 5.56. The van der Waals surface area contributed by atoms with E-state index in [0.717, 1.165) is 37.6 Å². The van der Waals surface area contributed by atoms with Crippen molar-refractivity contribution in [3.8, 4) is 0 Å². The van der Waals surface area contributed by atoms with Crippen LogP contribution in [0.1, 0.15) is 44.4 Å². The van der Waals surface area contributed by atoms with E-state index in [9.17, 15) is 18.0 Å². The first-order chi connectivity index (χ1) is 14.7. The number of hydrogen-bond donors (Lipinski definition) is 3. The van der Waals surface area contributed by atoms with Gasteiger partial charge in [0.2, 0.25) is 11.9 Å². The number of rotatable bonds is 6. The number of carbonyl (C=O) groups is 1. The molecule has 1 fully saturated rings. The van der Waals surface area contributed by atoms with E-state index in [1.807, 2.05) is 13.0 Å². The van der Waals surface area contributed by atoms with E-state index in [-0.39, 0.29) is 41.7 Å². The van der Waals surface area contributed by atoms with Crippen LogP contribution >= 0.6 is 12.4 Å². The molecule has 0 unspecified atom stereocenters. The van der Waals surface area contributed by atoms with Crippen LogP contribution in [-0.4, -0.2) is 35.0 Å². The molecular formula is C21H28ClF3N6O. The number of aromatic nitrogens is 2. The molecule has 176 valence electrons. The van der Waals surface area contributed by atoms with Crippen molar-refractivity contribution in [1.82, 2.24) is 15.3 Å². The molecule has 32 heavy (non-hydrogen) atoms. The summed E-state index contributed by atoms with van der Waals surface area (Å²) in [6.45, 7) is 4.91. The first-order valence-corrected chi connectivity index (χ1v) is 10.3. The van der Waals surface area contributed by atoms with Gasteiger partial charge in [0, 0.05) is 49.2 Å². The molecule has 4 N–H and O–H groups in total. The largest absolute Gasteiger partial charge is 0.418 e. The van der Waals surface area contributed by atoms with Crippen molar-refractivity contribution in [2.75, 3.05) is 29.0 Å². The number of alkyl halides is 3. The molecule has 0 saturated carbocycles. The molecule has 3 rings (SSSR count). The van der Waals surface area contributed by atoms with Gasteiger partial charge in [-0.2, -0.15) is 18.2 Å². The smallest absolute Gasteiger partial charge is 0.398 e. The maximum atomic E-state index is 13.2. The molecule has 2 aromatic rings. The van der Waals surface area contributed by atoms with Crippen LogP contribution in [0.3, 0.4) is 0 Å². The summed E-state index contributed by atoms with van der Waals surface area (Å²) in [5.74, 6) is 0.829. The Labute approximate surface area is 191 Å². The molecule has 0 bridgehead atoms. The number of piperidine rings is 1. The predicted molar refractivity (Wildman–Crippen MR) is 121 cm³/mol. The summed E-state index contributed by atoms with van der Waals surface area (Å²) in [6.07, 6.45) is -1.19. The van der Waals surface area contributed by atoms with Crippen molar-refractivity contribution in [3.63, 3.8) is 0 Å². The highest BCUT2D eigenvalue weighted by atomic mass is 35.5. The fourth-order valence-electron chi connectivity index (χ4n) is 3.68. The quantitative estimate of drug-likeness (QED) is 0.542. The van der Waals surface area contributed by atoms with Crippen LogP contribution in [0.25, 0.3) is 0 Å². The van der Waals surface area contributed by atoms with Gasteiger partial charge >= 0.3 is 6.18 Å². The number of aryl methyl sites for hydroxylation is 1. The van der Waals surface area contributed by atoms with Gasteiger partial charge in [0.05, 0.1) is 5.56 Å². The van der Waals surface area contributed by atoms with Gasteiger partial charge in [0.1, 0.15) is 5.82 Å². The zero-order valence-corrected chi connectivity index (χ0v) is 18.8. The van der Waals surface area contributed by atoms with Crippen LogP contribution in [0, 0.1) is 0 Å². The Morgan fingerprint density at radius 3 is 2.69 bits per heavy atom. The van der Waals surface area contributed by atoms with Crippen molar-refractivity contribution >= 4 is 41.5 Å². The first kappa shape index (κ1) is 25.5. The number of hydrogen-bond acceptors (Lipinski definition) is 6. The van der Waals surface area contributed by atoms with Gasteiger partial charge < -0.3 is 21.3 Å². The highest BCUT2D eigenvalue weighted by Gasteiger charge is 2.33. The SMILES string of the molecule is CCCc1cc(N2CCC[C@@H](NC(C)=O)C2)nc(Nc2ccc(N)c(C(F)(F)F)c2)n1.Cl. The van der Waals surface area contributed by atoms with E-state index in [1.54, 1.807) is 0 Å². The highest BCUT2D eigenvalue weighted by molar-refractivity contribution is 5.85. The summed E-state index contributed by atoms with van der Waals surface area (Å²) in [7, 11) is 0. The summed E-state index contributed by atoms with van der Waals surface area (Å²) in [5.41, 5.74) is 5.24. The minimum atomic E-state index is -4.55. The Kier molecular flexibility index (Phi) is 8.54. The van der Waals surface area contributed by atoms with Gasteiger partial charge in [-0.3, -0.25) is 4.79 Å². The number of nitrogens with two attached hydrogens (primary N) is 1. The van der Waals surface area contributed by atoms with Crippen molar-refractivity contribution in [3.05, 3.63) is 35.5 Å². The second-order valence-electron chi connectivity index (χ2n) is 7.70. The molecule has 11 heteroatoms. The summed E-state index contributed by atoms with van der Waals surface area (Å²) in [5, 5.41) is 5.83. The van der Waals surface area contributed by atoms with Crippen molar-refractivity contribution < 1.29 is 18.0 Å². The van der Waals surface area contributed by atoms with Crippen LogP contribution in [-0.2, 0) is 17.4 Å². The minimum absolute atomic E-state index is 0. The normalized spacial score (nSPS) is 16.3. The van der Waals surface area contributed by atoms with E-state index in [4.69, 9.17) is 5.73 Å². The molecule has 1 aliphatic heterocycles. The molecule has 0 aliphatic carbocycles. The number of nitrogens with one attached hydrogen (secondary N) is 2. The molecule has 7 nitrogen and oxygen atoms in total. The standard InChI is InChI=1S/C21H27F3N6O.ClH/c1-3-5-14-11-19(30-9-4-6-16(12-30)26-13(2)31)29-20(27-14)28-15-7-8-18(25)17(10-15)21(22,23)24;/h7-8,10-11,16H,3-6,9,12,25H2,1-2H3,(H,26,31)(H,27,28,29);1H/t16-;/m1./s1. The van der Waals surface area contributed by atoms with Crippen LogP contribution in [0.4, 0.5) is 36.3 Å². The maximum Gasteiger partial charge on any atom is 0.418 e. The first-order valence-electron chi connectivity index (χ1n) is 10.3. The molecule has 1 aromatic heterocycles. The highest BCUT2D eigenvalue weighted by Crippen LogP contribution is 2.35. The summed E-state index contributed by atoms with van der Waals surface area (Å²) in [4.78, 5) is 22.5. The predicted octanol–water partition coefficient (Wildman–Crippen LogP) is 4.30. The molecular weight excluding hydrogens is 445 g/mol. The lowest BCUT2D eigenvalue weighted by molar-refractivity contribution is -0.136. The number of amides is 1. The van der Waals surface area contributed by atoms with Crippen molar-refractivity contribution in [2.45, 2.75) is 51.7 Å². The van der Waals surface area contributed by atoms with Gasteiger partial charge in [-0.15, -0.1) is 12.4 Å². The van der Waals surface area contributed by atoms with Crippen LogP contribution in [0.5, 0.6) is 0 Å². The number of halogens is 4. The molecule has 1 amide bonds. The van der Waals surface area contributed by atoms with Crippen molar-refractivity contribution in [2.24, 2.45) is 0 Å². The third-order valence-electron chi connectivity index (χ3n) is 5.04. The van der Waals surface area contributed by atoms with E-state index < -0.39 is 11.7 Å². The average Bonchev–Trinajstić information content (AvgIpc) is 2.68. The van der Waals surface area contributed by atoms with Crippen LogP contribution in [0.2, 0.25) is 0 Å². The fourth-order valence-corrected chi connectivity index (χ4v) is 3.68. The molecule has 0 radical (unpaired) electrons. The Balaban J connectivity index is 0.00000363. The molecule has 2 heterocycles. The Hall–Kier alpha value is -2.75. The molecule has 1 aliphatic rings. The lowest BCUT2D eigenvalue weighted by Crippen LogP contribution is -2.47. The Bertz CT molecular complexity index is 940. The van der Waals surface area contributed by atoms with E-state index in [2.05, 4.69) is 25.5 Å². The summed E-state index contributed by atoms with van der Waals surface area (Å²) >= 11 is 0. The average molecular weight is 473 g/mol. The second-order valence-corrected chi connectivity index (χ2v) is 7.70. The molecule has 1 saturated heterocycles. The van der Waals surface area contributed by atoms with Gasteiger partial charge in [-0.25, -0.2) is 4.98 Å². The lowest BCUT2D eigenvalue weighted by atomic mass is 10.1. The van der Waals surface area contributed by atoms with Crippen LogP contribution < -0.4 is 21.3 Å². The molecule has 1 aromatic carbocycles. The third-order valence-corrected chi connectivity index (χ3v) is 5.04. The minimum Gasteiger partial charge on any atom is -0.398 e. The zero-order valence-electron chi connectivity index (χ0n) is 18.0. The Morgan fingerprint density at radius 2 is 2.03 bits per heavy atom. The second kappa shape index (κ2) is 10.7. The number of nitrogens with zero attached hydrogens (tertiary/aromatic N) is 3. The van der Waals surface area contributed by atoms with Gasteiger partial charge in [0.15, 0.2) is 0 Å². The van der Waals surface area contributed by atoms with E-state index in [1.165, 1.54) is 19.1 Å². The topological polar surface area (TPSA) is 96.2 Å². The Morgan fingerprint density at radius 1 is 1.28 bits per heavy atom. The zero-order chi connectivity index (χ0) is 22.6. The number of anilines is 4. The fraction of sp³-hybridized carbons (Fsp3) is 0.476. The molecule has 0 spiro atoms. The van der Waals surface area contributed by atoms with Gasteiger partial charge in [-0.05, 0) is 37.5 Å². The van der Waals surface area contributed by atoms with E-state index >= 15 is 0 Å². The number of nitrogen functional groups attached to an aromatic ring is 1. The number of benzene rings is 1. The van der Waals surface area contributed by atoms with Gasteiger partial charge in [-0.1, -0.05) is 13.3 Å². The van der Waals surface area contributed by atoms with E-state index in [0.29, 0.717) is 18.8 Å². The maximum absolute atomic E-state index is 13.2. The third kappa shape index (κ3) is 6.62. The van der Waals surface area contributed by atoms with Gasteiger partial charge in [0.25, 0.3) is 0 Å². The van der Waals surface area contributed by atoms with Crippen LogP contribution in [0.15, 0.2) is 24.3 Å². The number of carbonyl (C=O) groups excluding carboxylic acids is 1. The van der Waals surface area contributed by atoms with Crippen molar-refractivity contribution in [1.29, 1.82) is 0 Å². The summed E-state index contributed by atoms with van der Waals surface area (Å²) < 4.78 is 39.6. The lowest BCUT2D eigenvalue weighted by Gasteiger charge is -2.34. The molecule has 1 atom stereocenters.